The molecule has 26 heavy (non-hydrogen) atoms. The Morgan fingerprint density at radius 3 is 2.77 bits per heavy atom. The Hall–Kier alpha value is -2.41. The molecule has 2 aliphatic rings. The monoisotopic (exact) mass is 357 g/mol. The molecule has 4 rings (SSSR count). The number of rotatable bonds is 5. The Morgan fingerprint density at radius 2 is 2.12 bits per heavy atom. The molecular weight excluding hydrogens is 334 g/mol. The van der Waals surface area contributed by atoms with Gasteiger partial charge in [-0.15, -0.1) is 0 Å². The minimum Gasteiger partial charge on any atom is -0.497 e. The van der Waals surface area contributed by atoms with E-state index in [2.05, 4.69) is 10.1 Å². The number of carbonyl (C=O) groups excluding carboxylic acids is 1. The topological polar surface area (TPSA) is 77.7 Å². The maximum atomic E-state index is 12.6. The lowest BCUT2D eigenvalue weighted by Crippen LogP contribution is -2.32. The van der Waals surface area contributed by atoms with E-state index in [1.165, 1.54) is 0 Å². The van der Waals surface area contributed by atoms with Crippen LogP contribution in [0.3, 0.4) is 0 Å². The highest BCUT2D eigenvalue weighted by Gasteiger charge is 2.43. The molecule has 2 fully saturated rings. The van der Waals surface area contributed by atoms with Gasteiger partial charge >= 0.3 is 0 Å². The summed E-state index contributed by atoms with van der Waals surface area (Å²) >= 11 is 0. The molecule has 0 unspecified atom stereocenters. The molecule has 0 radical (unpaired) electrons. The molecule has 0 saturated carbocycles. The van der Waals surface area contributed by atoms with E-state index in [4.69, 9.17) is 14.0 Å². The minimum atomic E-state index is 0.101. The second kappa shape index (κ2) is 7.07. The summed E-state index contributed by atoms with van der Waals surface area (Å²) in [7, 11) is 1.63. The molecule has 3 heterocycles. The predicted molar refractivity (Wildman–Crippen MR) is 92.8 cm³/mol. The van der Waals surface area contributed by atoms with E-state index in [-0.39, 0.29) is 18.1 Å². The molecule has 0 bridgehead atoms. The number of benzene rings is 1. The lowest BCUT2D eigenvalue weighted by Gasteiger charge is -2.19. The first-order chi connectivity index (χ1) is 12.6. The van der Waals surface area contributed by atoms with Gasteiger partial charge in [-0.05, 0) is 31.0 Å². The minimum absolute atomic E-state index is 0.101. The van der Waals surface area contributed by atoms with E-state index in [1.54, 1.807) is 7.11 Å². The highest BCUT2D eigenvalue weighted by Crippen LogP contribution is 2.34. The Morgan fingerprint density at radius 1 is 1.31 bits per heavy atom. The Balaban J connectivity index is 1.29. The van der Waals surface area contributed by atoms with Crippen LogP contribution in [0.4, 0.5) is 0 Å². The highest BCUT2D eigenvalue weighted by atomic mass is 16.5. The summed E-state index contributed by atoms with van der Waals surface area (Å²) < 4.78 is 16.4. The van der Waals surface area contributed by atoms with Gasteiger partial charge < -0.3 is 18.9 Å². The third kappa shape index (κ3) is 3.58. The van der Waals surface area contributed by atoms with Crippen LogP contribution in [0.15, 0.2) is 28.8 Å². The smallest absolute Gasteiger partial charge is 0.229 e. The van der Waals surface area contributed by atoms with Crippen molar-refractivity contribution < 1.29 is 18.8 Å². The van der Waals surface area contributed by atoms with E-state index in [9.17, 15) is 4.79 Å². The van der Waals surface area contributed by atoms with E-state index in [1.807, 2.05) is 36.1 Å². The SMILES string of the molecule is COc1ccc(CC(=O)N2C[C@@H]3C[C@@H](Cc4nc(C)no4)O[C@@H]3C2)cc1. The average Bonchev–Trinajstić information content (AvgIpc) is 3.30. The van der Waals surface area contributed by atoms with Crippen LogP contribution in [-0.2, 0) is 22.4 Å². The molecule has 3 atom stereocenters. The standard InChI is InChI=1S/C19H23N3O4/c1-12-20-18(26-21-12)9-16-8-14-10-22(11-17(14)25-16)19(23)7-13-3-5-15(24-2)6-4-13/h3-6,14,16-17H,7-11H2,1-2H3/t14-,16-,17+/m0/s1. The van der Waals surface area contributed by atoms with Gasteiger partial charge in [0.15, 0.2) is 5.82 Å². The number of hydrogen-bond donors (Lipinski definition) is 0. The fourth-order valence-electron chi connectivity index (χ4n) is 3.84. The summed E-state index contributed by atoms with van der Waals surface area (Å²) in [6.45, 7) is 3.24. The Kier molecular flexibility index (Phi) is 4.63. The quantitative estimate of drug-likeness (QED) is 0.812. The predicted octanol–water partition coefficient (Wildman–Crippen LogP) is 1.79. The molecule has 138 valence electrons. The summed E-state index contributed by atoms with van der Waals surface area (Å²) in [6, 6.07) is 7.64. The maximum absolute atomic E-state index is 12.6. The Bertz CT molecular complexity index is 759. The number of amides is 1. The van der Waals surface area contributed by atoms with E-state index < -0.39 is 0 Å². The van der Waals surface area contributed by atoms with Crippen LogP contribution in [0.2, 0.25) is 0 Å². The molecule has 2 saturated heterocycles. The zero-order valence-corrected chi connectivity index (χ0v) is 15.1. The van der Waals surface area contributed by atoms with Crippen molar-refractivity contribution in [3.63, 3.8) is 0 Å². The van der Waals surface area contributed by atoms with Gasteiger partial charge in [-0.3, -0.25) is 4.79 Å². The van der Waals surface area contributed by atoms with Crippen molar-refractivity contribution in [3.8, 4) is 5.75 Å². The van der Waals surface area contributed by atoms with Gasteiger partial charge in [0.25, 0.3) is 0 Å². The van der Waals surface area contributed by atoms with E-state index in [0.29, 0.717) is 37.0 Å². The van der Waals surface area contributed by atoms with Crippen LogP contribution in [0.1, 0.15) is 23.7 Å². The number of methoxy groups -OCH3 is 1. The molecule has 1 aromatic heterocycles. The number of hydrogen-bond acceptors (Lipinski definition) is 6. The second-order valence-corrected chi connectivity index (χ2v) is 7.06. The van der Waals surface area contributed by atoms with E-state index >= 15 is 0 Å². The van der Waals surface area contributed by atoms with Crippen molar-refractivity contribution in [2.45, 2.75) is 38.4 Å². The van der Waals surface area contributed by atoms with Crippen LogP contribution in [-0.4, -0.2) is 53.4 Å². The Labute approximate surface area is 152 Å². The van der Waals surface area contributed by atoms with Gasteiger partial charge in [0.05, 0.1) is 32.2 Å². The van der Waals surface area contributed by atoms with Crippen molar-refractivity contribution in [2.75, 3.05) is 20.2 Å². The number of nitrogens with zero attached hydrogens (tertiary/aromatic N) is 3. The van der Waals surface area contributed by atoms with Crippen molar-refractivity contribution in [2.24, 2.45) is 5.92 Å². The molecule has 0 aliphatic carbocycles. The first-order valence-corrected chi connectivity index (χ1v) is 8.96. The summed E-state index contributed by atoms with van der Waals surface area (Å²) in [5, 5.41) is 3.81. The number of carbonyl (C=O) groups is 1. The summed E-state index contributed by atoms with van der Waals surface area (Å²) in [5.41, 5.74) is 0.999. The van der Waals surface area contributed by atoms with Gasteiger partial charge in [0, 0.05) is 19.0 Å². The molecule has 1 amide bonds. The van der Waals surface area contributed by atoms with Crippen molar-refractivity contribution >= 4 is 5.91 Å². The number of likely N-dealkylation sites (tertiary alicyclic amines) is 1. The number of fused-ring (bicyclic) bond motifs is 1. The summed E-state index contributed by atoms with van der Waals surface area (Å²) in [4.78, 5) is 18.7. The first-order valence-electron chi connectivity index (χ1n) is 8.96. The molecule has 0 spiro atoms. The van der Waals surface area contributed by atoms with Crippen molar-refractivity contribution in [1.82, 2.24) is 15.0 Å². The highest BCUT2D eigenvalue weighted by molar-refractivity contribution is 5.79. The lowest BCUT2D eigenvalue weighted by atomic mass is 10.0. The van der Waals surface area contributed by atoms with Crippen LogP contribution >= 0.6 is 0 Å². The largest absolute Gasteiger partial charge is 0.497 e. The number of aromatic nitrogens is 2. The van der Waals surface area contributed by atoms with Gasteiger partial charge in [-0.1, -0.05) is 17.3 Å². The lowest BCUT2D eigenvalue weighted by molar-refractivity contribution is -0.130. The maximum Gasteiger partial charge on any atom is 0.229 e. The molecule has 2 aliphatic heterocycles. The number of ether oxygens (including phenoxy) is 2. The number of aryl methyl sites for hydroxylation is 1. The molecular formula is C19H23N3O4. The fraction of sp³-hybridized carbons (Fsp3) is 0.526. The molecule has 7 nitrogen and oxygen atoms in total. The third-order valence-electron chi connectivity index (χ3n) is 5.15. The fourth-order valence-corrected chi connectivity index (χ4v) is 3.84. The molecule has 1 aromatic carbocycles. The van der Waals surface area contributed by atoms with Crippen molar-refractivity contribution in [1.29, 1.82) is 0 Å². The van der Waals surface area contributed by atoms with Crippen LogP contribution in [0.5, 0.6) is 5.75 Å². The molecule has 0 N–H and O–H groups in total. The van der Waals surface area contributed by atoms with Gasteiger partial charge in [-0.2, -0.15) is 4.98 Å². The zero-order valence-electron chi connectivity index (χ0n) is 15.1. The summed E-state index contributed by atoms with van der Waals surface area (Å²) in [5.74, 6) is 2.61. The molecule has 2 aromatic rings. The van der Waals surface area contributed by atoms with Crippen molar-refractivity contribution in [3.05, 3.63) is 41.5 Å². The van der Waals surface area contributed by atoms with E-state index in [0.717, 1.165) is 24.3 Å². The van der Waals surface area contributed by atoms with Gasteiger partial charge in [0.1, 0.15) is 5.75 Å². The van der Waals surface area contributed by atoms with Crippen LogP contribution in [0.25, 0.3) is 0 Å². The van der Waals surface area contributed by atoms with Crippen LogP contribution < -0.4 is 4.74 Å². The second-order valence-electron chi connectivity index (χ2n) is 7.06. The average molecular weight is 357 g/mol. The van der Waals surface area contributed by atoms with Gasteiger partial charge in [0.2, 0.25) is 11.8 Å². The summed E-state index contributed by atoms with van der Waals surface area (Å²) in [6.07, 6.45) is 2.20. The van der Waals surface area contributed by atoms with Crippen LogP contribution in [0, 0.1) is 12.8 Å². The zero-order chi connectivity index (χ0) is 18.1. The normalized spacial score (nSPS) is 24.7. The first kappa shape index (κ1) is 17.0. The van der Waals surface area contributed by atoms with Gasteiger partial charge in [-0.25, -0.2) is 0 Å². The third-order valence-corrected chi connectivity index (χ3v) is 5.15. The molecule has 7 heteroatoms.